The average Bonchev–Trinajstić information content (AvgIpc) is 2.77. The fourth-order valence-corrected chi connectivity index (χ4v) is 3.28. The Balaban J connectivity index is 2.08. The van der Waals surface area contributed by atoms with Crippen molar-refractivity contribution < 1.29 is 5.11 Å². The van der Waals surface area contributed by atoms with Crippen molar-refractivity contribution >= 4 is 0 Å². The molecule has 12 heavy (non-hydrogen) atoms. The van der Waals surface area contributed by atoms with Gasteiger partial charge in [-0.05, 0) is 37.0 Å². The molecule has 2 fully saturated rings. The van der Waals surface area contributed by atoms with E-state index in [1.165, 1.54) is 12.8 Å². The topological polar surface area (TPSA) is 20.2 Å². The van der Waals surface area contributed by atoms with E-state index in [0.29, 0.717) is 11.8 Å². The van der Waals surface area contributed by atoms with E-state index in [4.69, 9.17) is 0 Å². The first-order chi connectivity index (χ1) is 5.72. The van der Waals surface area contributed by atoms with Gasteiger partial charge in [0.2, 0.25) is 0 Å². The quantitative estimate of drug-likeness (QED) is 0.686. The molecule has 1 N–H and O–H groups in total. The normalized spacial score (nSPS) is 45.0. The lowest BCUT2D eigenvalue weighted by molar-refractivity contribution is -0.0357. The van der Waals surface area contributed by atoms with E-state index < -0.39 is 0 Å². The molecular formula is C11H20O. The van der Waals surface area contributed by atoms with Crippen LogP contribution in [0.2, 0.25) is 0 Å². The Hall–Kier alpha value is -0.0400. The smallest absolute Gasteiger partial charge is 0.0706 e. The predicted octanol–water partition coefficient (Wildman–Crippen LogP) is 2.58. The maximum absolute atomic E-state index is 10.5. The molecule has 0 heterocycles. The van der Waals surface area contributed by atoms with Crippen LogP contribution >= 0.6 is 0 Å². The molecule has 70 valence electrons. The third-order valence-corrected chi connectivity index (χ3v) is 4.17. The van der Waals surface area contributed by atoms with Crippen LogP contribution in [0.4, 0.5) is 0 Å². The number of aliphatic hydroxyl groups is 1. The van der Waals surface area contributed by atoms with Gasteiger partial charge in [0.25, 0.3) is 0 Å². The minimum Gasteiger partial charge on any atom is -0.389 e. The van der Waals surface area contributed by atoms with E-state index >= 15 is 0 Å². The predicted molar refractivity (Wildman–Crippen MR) is 49.9 cm³/mol. The van der Waals surface area contributed by atoms with Gasteiger partial charge in [-0.3, -0.25) is 0 Å². The van der Waals surface area contributed by atoms with Gasteiger partial charge in [-0.2, -0.15) is 0 Å². The van der Waals surface area contributed by atoms with Crippen LogP contribution in [0.3, 0.4) is 0 Å². The first-order valence-corrected chi connectivity index (χ1v) is 5.44. The van der Waals surface area contributed by atoms with E-state index in [0.717, 1.165) is 25.2 Å². The Bertz CT molecular complexity index is 174. The van der Waals surface area contributed by atoms with Crippen molar-refractivity contribution in [1.29, 1.82) is 0 Å². The van der Waals surface area contributed by atoms with E-state index in [-0.39, 0.29) is 5.60 Å². The molecule has 0 aromatic heterocycles. The lowest BCUT2D eigenvalue weighted by Gasteiger charge is -2.33. The highest BCUT2D eigenvalue weighted by molar-refractivity contribution is 5.09. The molecule has 1 heteroatoms. The Morgan fingerprint density at radius 1 is 1.42 bits per heavy atom. The van der Waals surface area contributed by atoms with Crippen molar-refractivity contribution in [2.75, 3.05) is 0 Å². The third kappa shape index (κ3) is 1.02. The summed E-state index contributed by atoms with van der Waals surface area (Å²) >= 11 is 0. The third-order valence-electron chi connectivity index (χ3n) is 4.17. The largest absolute Gasteiger partial charge is 0.389 e. The Kier molecular flexibility index (Phi) is 1.95. The van der Waals surface area contributed by atoms with Gasteiger partial charge in [-0.15, -0.1) is 0 Å². The summed E-state index contributed by atoms with van der Waals surface area (Å²) in [6.45, 7) is 4.42. The number of fused-ring (bicyclic) bond motifs is 1. The zero-order chi connectivity index (χ0) is 8.77. The van der Waals surface area contributed by atoms with Crippen molar-refractivity contribution in [2.45, 2.75) is 51.6 Å². The lowest BCUT2D eigenvalue weighted by Crippen LogP contribution is -2.37. The Morgan fingerprint density at radius 2 is 2.08 bits per heavy atom. The van der Waals surface area contributed by atoms with Crippen LogP contribution < -0.4 is 0 Å². The zero-order valence-corrected chi connectivity index (χ0v) is 8.21. The summed E-state index contributed by atoms with van der Waals surface area (Å²) in [6.07, 6.45) is 5.98. The SMILES string of the molecule is CCC(CC)C1(O)CCC2CC21. The molecule has 2 aliphatic rings. The second kappa shape index (κ2) is 2.73. The van der Waals surface area contributed by atoms with Crippen molar-refractivity contribution in [2.24, 2.45) is 17.8 Å². The summed E-state index contributed by atoms with van der Waals surface area (Å²) in [5.74, 6) is 2.15. The first kappa shape index (κ1) is 8.55. The minimum atomic E-state index is -0.256. The summed E-state index contributed by atoms with van der Waals surface area (Å²) < 4.78 is 0. The highest BCUT2D eigenvalue weighted by atomic mass is 16.3. The molecule has 0 saturated heterocycles. The molecule has 0 radical (unpaired) electrons. The lowest BCUT2D eigenvalue weighted by atomic mass is 9.79. The van der Waals surface area contributed by atoms with Gasteiger partial charge in [-0.25, -0.2) is 0 Å². The maximum Gasteiger partial charge on any atom is 0.0706 e. The van der Waals surface area contributed by atoms with Gasteiger partial charge in [-0.1, -0.05) is 26.7 Å². The molecule has 1 nitrogen and oxygen atoms in total. The van der Waals surface area contributed by atoms with Gasteiger partial charge >= 0.3 is 0 Å². The fourth-order valence-electron chi connectivity index (χ4n) is 3.28. The number of hydrogen-bond donors (Lipinski definition) is 1. The second-order valence-electron chi connectivity index (χ2n) is 4.65. The molecule has 0 aliphatic heterocycles. The fraction of sp³-hybridized carbons (Fsp3) is 1.00. The molecule has 0 spiro atoms. The summed E-state index contributed by atoms with van der Waals surface area (Å²) in [7, 11) is 0. The van der Waals surface area contributed by atoms with Gasteiger partial charge < -0.3 is 5.11 Å². The van der Waals surface area contributed by atoms with Crippen LogP contribution in [-0.4, -0.2) is 10.7 Å². The standard InChI is InChI=1S/C11H20O/c1-3-9(4-2)11(12)6-5-8-7-10(8)11/h8-10,12H,3-7H2,1-2H3. The highest BCUT2D eigenvalue weighted by Crippen LogP contribution is 2.60. The molecule has 0 aromatic rings. The molecule has 2 aliphatic carbocycles. The summed E-state index contributed by atoms with van der Waals surface area (Å²) in [4.78, 5) is 0. The minimum absolute atomic E-state index is 0.256. The van der Waals surface area contributed by atoms with Crippen LogP contribution in [-0.2, 0) is 0 Å². The molecule has 0 amide bonds. The molecule has 0 aromatic carbocycles. The Morgan fingerprint density at radius 3 is 2.42 bits per heavy atom. The van der Waals surface area contributed by atoms with E-state index in [1.807, 2.05) is 0 Å². The van der Waals surface area contributed by atoms with Crippen LogP contribution in [0.25, 0.3) is 0 Å². The van der Waals surface area contributed by atoms with Gasteiger partial charge in [0.15, 0.2) is 0 Å². The molecule has 2 rings (SSSR count). The Labute approximate surface area is 75.2 Å². The van der Waals surface area contributed by atoms with E-state index in [2.05, 4.69) is 13.8 Å². The van der Waals surface area contributed by atoms with Crippen LogP contribution in [0.15, 0.2) is 0 Å². The highest BCUT2D eigenvalue weighted by Gasteiger charge is 2.59. The zero-order valence-electron chi connectivity index (χ0n) is 8.21. The van der Waals surface area contributed by atoms with Crippen molar-refractivity contribution in [1.82, 2.24) is 0 Å². The average molecular weight is 168 g/mol. The molecule has 3 unspecified atom stereocenters. The summed E-state index contributed by atoms with van der Waals surface area (Å²) in [5, 5.41) is 10.5. The number of rotatable bonds is 3. The molecule has 2 saturated carbocycles. The van der Waals surface area contributed by atoms with Gasteiger partial charge in [0.1, 0.15) is 0 Å². The maximum atomic E-state index is 10.5. The molecular weight excluding hydrogens is 148 g/mol. The van der Waals surface area contributed by atoms with Crippen LogP contribution in [0.1, 0.15) is 46.0 Å². The van der Waals surface area contributed by atoms with Crippen LogP contribution in [0, 0.1) is 17.8 Å². The first-order valence-electron chi connectivity index (χ1n) is 5.44. The van der Waals surface area contributed by atoms with Gasteiger partial charge in [0, 0.05) is 0 Å². The molecule has 0 bridgehead atoms. The second-order valence-corrected chi connectivity index (χ2v) is 4.65. The van der Waals surface area contributed by atoms with E-state index in [1.54, 1.807) is 0 Å². The number of hydrogen-bond acceptors (Lipinski definition) is 1. The van der Waals surface area contributed by atoms with E-state index in [9.17, 15) is 5.11 Å². The monoisotopic (exact) mass is 168 g/mol. The van der Waals surface area contributed by atoms with Crippen molar-refractivity contribution in [3.8, 4) is 0 Å². The molecule has 3 atom stereocenters. The van der Waals surface area contributed by atoms with Gasteiger partial charge in [0.05, 0.1) is 5.60 Å². The summed E-state index contributed by atoms with van der Waals surface area (Å²) in [6, 6.07) is 0. The van der Waals surface area contributed by atoms with Crippen molar-refractivity contribution in [3.63, 3.8) is 0 Å². The van der Waals surface area contributed by atoms with Crippen molar-refractivity contribution in [3.05, 3.63) is 0 Å². The van der Waals surface area contributed by atoms with Crippen LogP contribution in [0.5, 0.6) is 0 Å². The summed E-state index contributed by atoms with van der Waals surface area (Å²) in [5.41, 5.74) is -0.256.